The standard InChI is InChI=1S/C27H27N5O2S/c33-24(15-7-11-21-9-3-1-4-10-21)30-16-18-31(19-17-30)27(34)25-28-26(23-14-8-20-35-23)32(29-25)22-12-5-2-6-13-22/h1-6,8-10,12-14,20H,7,11,15-19H2. The summed E-state index contributed by atoms with van der Waals surface area (Å²) in [6, 6.07) is 23.9. The lowest BCUT2D eigenvalue weighted by Gasteiger charge is -2.34. The van der Waals surface area contributed by atoms with E-state index >= 15 is 0 Å². The molecule has 0 atom stereocenters. The number of nitrogens with zero attached hydrogens (tertiary/aromatic N) is 5. The number of piperazine rings is 1. The number of carbonyl (C=O) groups is 2. The third-order valence-electron chi connectivity index (χ3n) is 6.16. The maximum Gasteiger partial charge on any atom is 0.293 e. The lowest BCUT2D eigenvalue weighted by Crippen LogP contribution is -2.50. The van der Waals surface area contributed by atoms with E-state index in [1.165, 1.54) is 5.56 Å². The summed E-state index contributed by atoms with van der Waals surface area (Å²) in [5.74, 6) is 0.787. The molecule has 2 aromatic heterocycles. The van der Waals surface area contributed by atoms with E-state index in [1.54, 1.807) is 20.9 Å². The molecular formula is C27H27N5O2S. The van der Waals surface area contributed by atoms with Crippen LogP contribution in [0.5, 0.6) is 0 Å². The summed E-state index contributed by atoms with van der Waals surface area (Å²) in [5, 5.41) is 6.56. The molecule has 2 amide bonds. The summed E-state index contributed by atoms with van der Waals surface area (Å²) in [6.45, 7) is 2.04. The van der Waals surface area contributed by atoms with Crippen molar-refractivity contribution in [3.63, 3.8) is 0 Å². The van der Waals surface area contributed by atoms with Crippen LogP contribution in [0.2, 0.25) is 0 Å². The van der Waals surface area contributed by atoms with Crippen LogP contribution in [0.4, 0.5) is 0 Å². The van der Waals surface area contributed by atoms with Gasteiger partial charge in [0.25, 0.3) is 5.91 Å². The molecule has 0 bridgehead atoms. The van der Waals surface area contributed by atoms with Crippen molar-refractivity contribution in [3.8, 4) is 16.4 Å². The highest BCUT2D eigenvalue weighted by Gasteiger charge is 2.28. The predicted molar refractivity (Wildman–Crippen MR) is 137 cm³/mol. The van der Waals surface area contributed by atoms with E-state index in [0.717, 1.165) is 23.4 Å². The molecule has 0 radical (unpaired) electrons. The van der Waals surface area contributed by atoms with Crippen LogP contribution in [0.25, 0.3) is 16.4 Å². The van der Waals surface area contributed by atoms with Gasteiger partial charge in [-0.25, -0.2) is 9.67 Å². The molecule has 0 spiro atoms. The molecule has 7 nitrogen and oxygen atoms in total. The third kappa shape index (κ3) is 5.33. The van der Waals surface area contributed by atoms with E-state index in [2.05, 4.69) is 22.2 Å². The van der Waals surface area contributed by atoms with Crippen LogP contribution in [0.15, 0.2) is 78.2 Å². The summed E-state index contributed by atoms with van der Waals surface area (Å²) < 4.78 is 1.73. The van der Waals surface area contributed by atoms with Gasteiger partial charge in [-0.3, -0.25) is 9.59 Å². The van der Waals surface area contributed by atoms with Crippen molar-refractivity contribution in [1.29, 1.82) is 0 Å². The number of aromatic nitrogens is 3. The first kappa shape index (κ1) is 23.0. The first-order valence-corrected chi connectivity index (χ1v) is 12.7. The average molecular weight is 486 g/mol. The van der Waals surface area contributed by atoms with Crippen LogP contribution in [-0.4, -0.2) is 62.6 Å². The molecule has 35 heavy (non-hydrogen) atoms. The second-order valence-electron chi connectivity index (χ2n) is 8.50. The zero-order valence-corrected chi connectivity index (χ0v) is 20.2. The van der Waals surface area contributed by atoms with E-state index in [4.69, 9.17) is 0 Å². The van der Waals surface area contributed by atoms with Gasteiger partial charge in [-0.05, 0) is 42.0 Å². The summed E-state index contributed by atoms with van der Waals surface area (Å²) in [5.41, 5.74) is 2.11. The first-order valence-electron chi connectivity index (χ1n) is 11.9. The summed E-state index contributed by atoms with van der Waals surface area (Å²) in [6.07, 6.45) is 2.25. The zero-order chi connectivity index (χ0) is 24.0. The molecule has 2 aromatic carbocycles. The Bertz CT molecular complexity index is 1260. The molecule has 178 valence electrons. The fourth-order valence-corrected chi connectivity index (χ4v) is 4.96. The molecule has 0 N–H and O–H groups in total. The van der Waals surface area contributed by atoms with Gasteiger partial charge in [-0.15, -0.1) is 16.4 Å². The molecule has 8 heteroatoms. The molecule has 0 unspecified atom stereocenters. The van der Waals surface area contributed by atoms with E-state index in [0.29, 0.717) is 38.4 Å². The second kappa shape index (κ2) is 10.7. The van der Waals surface area contributed by atoms with Gasteiger partial charge < -0.3 is 9.80 Å². The van der Waals surface area contributed by atoms with Crippen molar-refractivity contribution in [2.75, 3.05) is 26.2 Å². The van der Waals surface area contributed by atoms with E-state index in [1.807, 2.05) is 70.9 Å². The Kier molecular flexibility index (Phi) is 6.99. The fourth-order valence-electron chi connectivity index (χ4n) is 4.26. The molecule has 0 saturated carbocycles. The Morgan fingerprint density at radius 1 is 0.829 bits per heavy atom. The number of rotatable bonds is 7. The van der Waals surface area contributed by atoms with Crippen LogP contribution >= 0.6 is 11.3 Å². The smallest absolute Gasteiger partial charge is 0.293 e. The quantitative estimate of drug-likeness (QED) is 0.391. The third-order valence-corrected chi connectivity index (χ3v) is 7.03. The molecule has 1 fully saturated rings. The van der Waals surface area contributed by atoms with Crippen molar-refractivity contribution in [2.45, 2.75) is 19.3 Å². The number of para-hydroxylation sites is 1. The van der Waals surface area contributed by atoms with Crippen LogP contribution in [-0.2, 0) is 11.2 Å². The number of aryl methyl sites for hydroxylation is 1. The minimum atomic E-state index is -0.200. The first-order chi connectivity index (χ1) is 17.2. The Morgan fingerprint density at radius 2 is 1.51 bits per heavy atom. The molecule has 1 saturated heterocycles. The zero-order valence-electron chi connectivity index (χ0n) is 19.4. The Labute approximate surface area is 208 Å². The van der Waals surface area contributed by atoms with E-state index < -0.39 is 0 Å². The number of hydrogen-bond acceptors (Lipinski definition) is 5. The van der Waals surface area contributed by atoms with Crippen molar-refractivity contribution in [2.24, 2.45) is 0 Å². The highest BCUT2D eigenvalue weighted by molar-refractivity contribution is 7.13. The lowest BCUT2D eigenvalue weighted by molar-refractivity contribution is -0.132. The Balaban J connectivity index is 1.21. The van der Waals surface area contributed by atoms with Crippen molar-refractivity contribution in [1.82, 2.24) is 24.6 Å². The molecule has 5 rings (SSSR count). The topological polar surface area (TPSA) is 71.3 Å². The van der Waals surface area contributed by atoms with E-state index in [-0.39, 0.29) is 17.6 Å². The average Bonchev–Trinajstić information content (AvgIpc) is 3.60. The van der Waals surface area contributed by atoms with Gasteiger partial charge in [-0.2, -0.15) is 0 Å². The molecule has 1 aliphatic rings. The fraction of sp³-hybridized carbons (Fsp3) is 0.259. The second-order valence-corrected chi connectivity index (χ2v) is 9.44. The molecule has 0 aliphatic carbocycles. The minimum absolute atomic E-state index is 0.152. The van der Waals surface area contributed by atoms with Gasteiger partial charge >= 0.3 is 0 Å². The molecular weight excluding hydrogens is 458 g/mol. The number of benzene rings is 2. The van der Waals surface area contributed by atoms with Crippen LogP contribution in [0, 0.1) is 0 Å². The van der Waals surface area contributed by atoms with Gasteiger partial charge in [0.1, 0.15) is 0 Å². The number of amides is 2. The molecule has 1 aliphatic heterocycles. The van der Waals surface area contributed by atoms with Gasteiger partial charge in [0.15, 0.2) is 5.82 Å². The van der Waals surface area contributed by atoms with Gasteiger partial charge in [-0.1, -0.05) is 54.6 Å². The number of carbonyl (C=O) groups excluding carboxylic acids is 2. The maximum absolute atomic E-state index is 13.3. The highest BCUT2D eigenvalue weighted by Crippen LogP contribution is 2.26. The van der Waals surface area contributed by atoms with Crippen LogP contribution in [0.1, 0.15) is 29.0 Å². The largest absolute Gasteiger partial charge is 0.339 e. The van der Waals surface area contributed by atoms with E-state index in [9.17, 15) is 9.59 Å². The molecule has 4 aromatic rings. The van der Waals surface area contributed by atoms with Gasteiger partial charge in [0.2, 0.25) is 11.7 Å². The Hall–Kier alpha value is -3.78. The lowest BCUT2D eigenvalue weighted by atomic mass is 10.1. The van der Waals surface area contributed by atoms with Crippen molar-refractivity contribution in [3.05, 3.63) is 89.6 Å². The highest BCUT2D eigenvalue weighted by atomic mass is 32.1. The van der Waals surface area contributed by atoms with Gasteiger partial charge in [0.05, 0.1) is 10.6 Å². The number of thiophene rings is 1. The minimum Gasteiger partial charge on any atom is -0.339 e. The Morgan fingerprint density at radius 3 is 2.20 bits per heavy atom. The summed E-state index contributed by atoms with van der Waals surface area (Å²) >= 11 is 1.56. The predicted octanol–water partition coefficient (Wildman–Crippen LogP) is 4.30. The van der Waals surface area contributed by atoms with Gasteiger partial charge in [0, 0.05) is 32.6 Å². The number of hydrogen-bond donors (Lipinski definition) is 0. The molecule has 3 heterocycles. The van der Waals surface area contributed by atoms with Crippen LogP contribution < -0.4 is 0 Å². The SMILES string of the molecule is O=C(CCCc1ccccc1)N1CCN(C(=O)c2nc(-c3cccs3)n(-c3ccccc3)n2)CC1. The normalized spacial score (nSPS) is 13.7. The summed E-state index contributed by atoms with van der Waals surface area (Å²) in [7, 11) is 0. The summed E-state index contributed by atoms with van der Waals surface area (Å²) in [4.78, 5) is 35.1. The maximum atomic E-state index is 13.3. The van der Waals surface area contributed by atoms with Crippen molar-refractivity contribution < 1.29 is 9.59 Å². The van der Waals surface area contributed by atoms with Crippen molar-refractivity contribution >= 4 is 23.2 Å². The monoisotopic (exact) mass is 485 g/mol. The van der Waals surface area contributed by atoms with Crippen LogP contribution in [0.3, 0.4) is 0 Å².